The van der Waals surface area contributed by atoms with Crippen LogP contribution in [0.3, 0.4) is 0 Å². The van der Waals surface area contributed by atoms with Gasteiger partial charge in [-0.05, 0) is 49.8 Å². The maximum Gasteiger partial charge on any atom is 0.340 e. The summed E-state index contributed by atoms with van der Waals surface area (Å²) in [7, 11) is 0. The normalized spacial score (nSPS) is 15.7. The Morgan fingerprint density at radius 2 is 1.77 bits per heavy atom. The summed E-state index contributed by atoms with van der Waals surface area (Å²) in [4.78, 5) is 27.0. The molecule has 3 rings (SSSR count). The fraction of sp³-hybridized carbons (Fsp3) is 0.143. The van der Waals surface area contributed by atoms with Crippen LogP contribution in [-0.2, 0) is 14.3 Å². The summed E-state index contributed by atoms with van der Waals surface area (Å²) in [6, 6.07) is 14.8. The monoisotopic (exact) mass is 351 g/mol. The van der Waals surface area contributed by atoms with Gasteiger partial charge in [0, 0.05) is 11.4 Å². The number of carbonyl (C=O) groups excluding carboxylic acids is 2. The van der Waals surface area contributed by atoms with Gasteiger partial charge >= 0.3 is 5.97 Å². The van der Waals surface area contributed by atoms with E-state index in [0.29, 0.717) is 16.9 Å². The van der Waals surface area contributed by atoms with Gasteiger partial charge < -0.3 is 4.74 Å². The van der Waals surface area contributed by atoms with Gasteiger partial charge in [-0.25, -0.2) is 9.18 Å². The summed E-state index contributed by atoms with van der Waals surface area (Å²) < 4.78 is 18.3. The number of hydrogen-bond acceptors (Lipinski definition) is 3. The molecule has 0 spiro atoms. The largest absolute Gasteiger partial charge is 0.462 e. The highest BCUT2D eigenvalue weighted by atomic mass is 19.1. The number of nitrogens with zero attached hydrogens (tertiary/aromatic N) is 1. The molecule has 0 radical (unpaired) electrons. The number of rotatable bonds is 4. The molecule has 1 aliphatic heterocycles. The summed E-state index contributed by atoms with van der Waals surface area (Å²) in [5.41, 5.74) is 2.26. The number of benzene rings is 2. The molecule has 0 saturated carbocycles. The average Bonchev–Trinajstić information content (AvgIpc) is 2.88. The quantitative estimate of drug-likeness (QED) is 0.616. The molecule has 1 aliphatic rings. The van der Waals surface area contributed by atoms with Crippen LogP contribution < -0.4 is 4.90 Å². The first-order valence-corrected chi connectivity index (χ1v) is 8.28. The van der Waals surface area contributed by atoms with E-state index in [-0.39, 0.29) is 29.5 Å². The van der Waals surface area contributed by atoms with Crippen molar-refractivity contribution in [3.63, 3.8) is 0 Å². The Morgan fingerprint density at radius 3 is 2.38 bits per heavy atom. The third kappa shape index (κ3) is 3.28. The van der Waals surface area contributed by atoms with E-state index < -0.39 is 5.97 Å². The SMILES string of the molecule is CCOC(=O)C1=C(C)N(c2ccccc2)C(=O)C1=Cc1ccc(F)cc1. The van der Waals surface area contributed by atoms with Crippen molar-refractivity contribution in [2.45, 2.75) is 13.8 Å². The Balaban J connectivity index is 2.11. The summed E-state index contributed by atoms with van der Waals surface area (Å²) >= 11 is 0. The van der Waals surface area contributed by atoms with Crippen LogP contribution in [0.2, 0.25) is 0 Å². The van der Waals surface area contributed by atoms with E-state index in [0.717, 1.165) is 0 Å². The smallest absolute Gasteiger partial charge is 0.340 e. The Hall–Kier alpha value is -3.21. The van der Waals surface area contributed by atoms with Crippen molar-refractivity contribution in [3.8, 4) is 0 Å². The molecule has 4 nitrogen and oxygen atoms in total. The number of anilines is 1. The first-order chi connectivity index (χ1) is 12.5. The van der Waals surface area contributed by atoms with Crippen LogP contribution >= 0.6 is 0 Å². The molecule has 0 atom stereocenters. The zero-order chi connectivity index (χ0) is 18.7. The molecule has 132 valence electrons. The van der Waals surface area contributed by atoms with Crippen LogP contribution in [0.5, 0.6) is 0 Å². The summed E-state index contributed by atoms with van der Waals surface area (Å²) in [5.74, 6) is -1.24. The van der Waals surface area contributed by atoms with Crippen LogP contribution in [0, 0.1) is 5.82 Å². The molecule has 1 amide bonds. The van der Waals surface area contributed by atoms with E-state index >= 15 is 0 Å². The molecule has 0 aliphatic carbocycles. The van der Waals surface area contributed by atoms with Crippen molar-refractivity contribution >= 4 is 23.6 Å². The molecule has 0 aromatic heterocycles. The van der Waals surface area contributed by atoms with Crippen LogP contribution in [0.4, 0.5) is 10.1 Å². The Kier molecular flexibility index (Phi) is 4.98. The molecule has 0 fully saturated rings. The van der Waals surface area contributed by atoms with Gasteiger partial charge in [-0.15, -0.1) is 0 Å². The van der Waals surface area contributed by atoms with Crippen LogP contribution in [0.25, 0.3) is 6.08 Å². The average molecular weight is 351 g/mol. The second-order valence-electron chi connectivity index (χ2n) is 5.77. The van der Waals surface area contributed by atoms with Gasteiger partial charge in [-0.1, -0.05) is 30.3 Å². The maximum atomic E-state index is 13.1. The maximum absolute atomic E-state index is 13.1. The first-order valence-electron chi connectivity index (χ1n) is 8.28. The van der Waals surface area contributed by atoms with Crippen molar-refractivity contribution in [1.82, 2.24) is 0 Å². The van der Waals surface area contributed by atoms with E-state index in [4.69, 9.17) is 4.74 Å². The van der Waals surface area contributed by atoms with E-state index in [1.807, 2.05) is 18.2 Å². The van der Waals surface area contributed by atoms with E-state index in [2.05, 4.69) is 0 Å². The molecule has 1 heterocycles. The molecule has 0 saturated heterocycles. The number of allylic oxidation sites excluding steroid dienone is 1. The zero-order valence-electron chi connectivity index (χ0n) is 14.5. The standard InChI is InChI=1S/C21H18FNO3/c1-3-26-21(25)19-14(2)23(17-7-5-4-6-8-17)20(24)18(19)13-15-9-11-16(22)12-10-15/h4-13H,3H2,1-2H3. The molecule has 0 unspecified atom stereocenters. The summed E-state index contributed by atoms with van der Waals surface area (Å²) in [6.07, 6.45) is 1.58. The van der Waals surface area contributed by atoms with Gasteiger partial charge in [0.2, 0.25) is 0 Å². The van der Waals surface area contributed by atoms with E-state index in [1.165, 1.54) is 17.0 Å². The van der Waals surface area contributed by atoms with Crippen molar-refractivity contribution in [1.29, 1.82) is 0 Å². The molecular weight excluding hydrogens is 333 g/mol. The number of amides is 1. The molecule has 0 N–H and O–H groups in total. The lowest BCUT2D eigenvalue weighted by Crippen LogP contribution is -2.24. The van der Waals surface area contributed by atoms with Crippen molar-refractivity contribution < 1.29 is 18.7 Å². The molecule has 5 heteroatoms. The second-order valence-corrected chi connectivity index (χ2v) is 5.77. The van der Waals surface area contributed by atoms with Crippen molar-refractivity contribution in [3.05, 3.63) is 82.8 Å². The third-order valence-electron chi connectivity index (χ3n) is 4.08. The minimum atomic E-state index is -0.551. The minimum Gasteiger partial charge on any atom is -0.462 e. The highest BCUT2D eigenvalue weighted by Gasteiger charge is 2.37. The first kappa shape index (κ1) is 17.6. The van der Waals surface area contributed by atoms with Crippen LogP contribution in [0.15, 0.2) is 71.4 Å². The highest BCUT2D eigenvalue weighted by Crippen LogP contribution is 2.35. The fourth-order valence-corrected chi connectivity index (χ4v) is 2.89. The molecule has 0 bridgehead atoms. The predicted octanol–water partition coefficient (Wildman–Crippen LogP) is 4.09. The zero-order valence-corrected chi connectivity index (χ0v) is 14.5. The summed E-state index contributed by atoms with van der Waals surface area (Å²) in [6.45, 7) is 3.63. The third-order valence-corrected chi connectivity index (χ3v) is 4.08. The Morgan fingerprint density at radius 1 is 1.12 bits per heavy atom. The lowest BCUT2D eigenvalue weighted by Gasteiger charge is -2.17. The molecule has 2 aromatic carbocycles. The Bertz CT molecular complexity index is 899. The van der Waals surface area contributed by atoms with Gasteiger partial charge in [0.05, 0.1) is 17.8 Å². The number of ether oxygens (including phenoxy) is 1. The van der Waals surface area contributed by atoms with Gasteiger partial charge in [-0.3, -0.25) is 9.69 Å². The van der Waals surface area contributed by atoms with Gasteiger partial charge in [0.15, 0.2) is 0 Å². The lowest BCUT2D eigenvalue weighted by molar-refractivity contribution is -0.138. The number of hydrogen-bond donors (Lipinski definition) is 0. The number of esters is 1. The van der Waals surface area contributed by atoms with Crippen LogP contribution in [-0.4, -0.2) is 18.5 Å². The van der Waals surface area contributed by atoms with Gasteiger partial charge in [0.25, 0.3) is 5.91 Å². The topological polar surface area (TPSA) is 46.6 Å². The van der Waals surface area contributed by atoms with Gasteiger partial charge in [0.1, 0.15) is 5.82 Å². The fourth-order valence-electron chi connectivity index (χ4n) is 2.89. The Labute approximate surface area is 151 Å². The highest BCUT2D eigenvalue weighted by molar-refractivity contribution is 6.23. The van der Waals surface area contributed by atoms with E-state index in [1.54, 1.807) is 44.2 Å². The van der Waals surface area contributed by atoms with Crippen molar-refractivity contribution in [2.75, 3.05) is 11.5 Å². The second kappa shape index (κ2) is 7.35. The lowest BCUT2D eigenvalue weighted by atomic mass is 10.0. The number of halogens is 1. The summed E-state index contributed by atoms with van der Waals surface area (Å²) in [5, 5.41) is 0. The van der Waals surface area contributed by atoms with Crippen molar-refractivity contribution in [2.24, 2.45) is 0 Å². The molecule has 26 heavy (non-hydrogen) atoms. The van der Waals surface area contributed by atoms with E-state index in [9.17, 15) is 14.0 Å². The number of para-hydroxylation sites is 1. The van der Waals surface area contributed by atoms with Crippen LogP contribution in [0.1, 0.15) is 19.4 Å². The predicted molar refractivity (Wildman–Crippen MR) is 97.6 cm³/mol. The minimum absolute atomic E-state index is 0.207. The molecular formula is C21H18FNO3. The number of carbonyl (C=O) groups is 2. The molecule has 2 aromatic rings. The van der Waals surface area contributed by atoms with Gasteiger partial charge in [-0.2, -0.15) is 0 Å².